The van der Waals surface area contributed by atoms with Crippen molar-refractivity contribution in [3.8, 4) is 17.2 Å². The quantitative estimate of drug-likeness (QED) is 0.849. The van der Waals surface area contributed by atoms with Crippen LogP contribution in [0, 0.1) is 0 Å². The van der Waals surface area contributed by atoms with Gasteiger partial charge in [0, 0.05) is 24.1 Å². The summed E-state index contributed by atoms with van der Waals surface area (Å²) in [4.78, 5) is 0. The molecule has 0 radical (unpaired) electrons. The summed E-state index contributed by atoms with van der Waals surface area (Å²) in [5, 5.41) is 9.86. The van der Waals surface area contributed by atoms with E-state index in [4.69, 9.17) is 15.2 Å². The van der Waals surface area contributed by atoms with Crippen molar-refractivity contribution >= 4 is 0 Å². The van der Waals surface area contributed by atoms with Crippen LogP contribution in [-0.4, -0.2) is 25.4 Å². The van der Waals surface area contributed by atoms with Crippen LogP contribution in [0.3, 0.4) is 0 Å². The second kappa shape index (κ2) is 6.82. The van der Waals surface area contributed by atoms with E-state index in [1.165, 1.54) is 0 Å². The van der Waals surface area contributed by atoms with E-state index >= 15 is 0 Å². The van der Waals surface area contributed by atoms with Crippen molar-refractivity contribution in [2.75, 3.05) is 20.3 Å². The van der Waals surface area contributed by atoms with E-state index in [1.54, 1.807) is 19.2 Å². The third-order valence-electron chi connectivity index (χ3n) is 3.15. The van der Waals surface area contributed by atoms with Crippen LogP contribution in [0.5, 0.6) is 17.2 Å². The summed E-state index contributed by atoms with van der Waals surface area (Å²) in [6.07, 6.45) is 0. The van der Waals surface area contributed by atoms with Gasteiger partial charge in [0.25, 0.3) is 0 Å². The van der Waals surface area contributed by atoms with Crippen LogP contribution >= 0.6 is 0 Å². The van der Waals surface area contributed by atoms with Gasteiger partial charge >= 0.3 is 0 Å². The fourth-order valence-electron chi connectivity index (χ4n) is 2.01. The lowest BCUT2D eigenvalue weighted by Gasteiger charge is -2.17. The summed E-state index contributed by atoms with van der Waals surface area (Å²) in [6, 6.07) is 14.6. The van der Waals surface area contributed by atoms with Crippen molar-refractivity contribution < 1.29 is 14.6 Å². The Morgan fingerprint density at radius 3 is 2.55 bits per heavy atom. The number of ether oxygens (including phenoxy) is 2. The number of para-hydroxylation sites is 1. The fraction of sp³-hybridized carbons (Fsp3) is 0.250. The molecule has 1 atom stereocenters. The number of phenols is 1. The second-order valence-electron chi connectivity index (χ2n) is 4.48. The maximum atomic E-state index is 9.86. The van der Waals surface area contributed by atoms with Gasteiger partial charge in [0.05, 0.1) is 13.7 Å². The number of benzene rings is 2. The highest BCUT2D eigenvalue weighted by atomic mass is 16.5. The van der Waals surface area contributed by atoms with E-state index in [0.29, 0.717) is 13.2 Å². The lowest BCUT2D eigenvalue weighted by atomic mass is 9.99. The van der Waals surface area contributed by atoms with Crippen molar-refractivity contribution in [2.24, 2.45) is 5.73 Å². The average molecular weight is 273 g/mol. The van der Waals surface area contributed by atoms with Crippen molar-refractivity contribution in [1.29, 1.82) is 0 Å². The summed E-state index contributed by atoms with van der Waals surface area (Å²) in [7, 11) is 1.61. The third kappa shape index (κ3) is 3.42. The Labute approximate surface area is 118 Å². The minimum absolute atomic E-state index is 0.0533. The van der Waals surface area contributed by atoms with Gasteiger partial charge in [-0.15, -0.1) is 0 Å². The first-order chi connectivity index (χ1) is 9.74. The van der Waals surface area contributed by atoms with Crippen LogP contribution in [0.15, 0.2) is 48.5 Å². The number of hydrogen-bond donors (Lipinski definition) is 2. The smallest absolute Gasteiger partial charge is 0.123 e. The predicted molar refractivity (Wildman–Crippen MR) is 78.4 cm³/mol. The van der Waals surface area contributed by atoms with E-state index in [9.17, 15) is 5.11 Å². The number of methoxy groups -OCH3 is 1. The molecule has 0 aromatic heterocycles. The normalized spacial score (nSPS) is 11.9. The van der Waals surface area contributed by atoms with Gasteiger partial charge in [-0.05, 0) is 18.2 Å². The zero-order chi connectivity index (χ0) is 14.4. The van der Waals surface area contributed by atoms with Crippen LogP contribution in [0.2, 0.25) is 0 Å². The van der Waals surface area contributed by atoms with Crippen molar-refractivity contribution in [3.63, 3.8) is 0 Å². The van der Waals surface area contributed by atoms with E-state index in [1.807, 2.05) is 36.4 Å². The maximum Gasteiger partial charge on any atom is 0.123 e. The molecule has 20 heavy (non-hydrogen) atoms. The molecule has 106 valence electrons. The highest BCUT2D eigenvalue weighted by Crippen LogP contribution is 2.26. The van der Waals surface area contributed by atoms with Gasteiger partial charge in [-0.25, -0.2) is 0 Å². The van der Waals surface area contributed by atoms with Gasteiger partial charge in [0.15, 0.2) is 0 Å². The highest BCUT2D eigenvalue weighted by molar-refractivity contribution is 5.36. The minimum Gasteiger partial charge on any atom is -0.508 e. The summed E-state index contributed by atoms with van der Waals surface area (Å²) in [5.74, 6) is 1.66. The van der Waals surface area contributed by atoms with Crippen molar-refractivity contribution in [1.82, 2.24) is 0 Å². The van der Waals surface area contributed by atoms with Gasteiger partial charge in [0.2, 0.25) is 0 Å². The molecular weight excluding hydrogens is 254 g/mol. The van der Waals surface area contributed by atoms with Gasteiger partial charge in [-0.3, -0.25) is 0 Å². The SMILES string of the molecule is COc1cccc(OCC(CN)c2ccccc2O)c1. The zero-order valence-corrected chi connectivity index (χ0v) is 11.5. The molecule has 0 saturated carbocycles. The number of nitrogens with two attached hydrogens (primary N) is 1. The first-order valence-corrected chi connectivity index (χ1v) is 6.49. The average Bonchev–Trinajstić information content (AvgIpc) is 2.49. The molecule has 2 rings (SSSR count). The maximum absolute atomic E-state index is 9.86. The molecule has 0 amide bonds. The molecule has 4 heteroatoms. The molecule has 0 saturated heterocycles. The molecule has 3 N–H and O–H groups in total. The zero-order valence-electron chi connectivity index (χ0n) is 11.5. The minimum atomic E-state index is -0.0533. The van der Waals surface area contributed by atoms with E-state index in [0.717, 1.165) is 17.1 Å². The molecule has 0 aliphatic rings. The van der Waals surface area contributed by atoms with Crippen molar-refractivity contribution in [3.05, 3.63) is 54.1 Å². The van der Waals surface area contributed by atoms with E-state index in [-0.39, 0.29) is 11.7 Å². The standard InChI is InChI=1S/C16H19NO3/c1-19-13-5-4-6-14(9-13)20-11-12(10-17)15-7-2-3-8-16(15)18/h2-9,12,18H,10-11,17H2,1H3. The molecule has 0 aliphatic heterocycles. The number of hydrogen-bond acceptors (Lipinski definition) is 4. The molecular formula is C16H19NO3. The lowest BCUT2D eigenvalue weighted by Crippen LogP contribution is -2.19. The first-order valence-electron chi connectivity index (χ1n) is 6.49. The van der Waals surface area contributed by atoms with Gasteiger partial charge in [-0.1, -0.05) is 24.3 Å². The fourth-order valence-corrected chi connectivity index (χ4v) is 2.01. The summed E-state index contributed by atoms with van der Waals surface area (Å²) in [5.41, 5.74) is 6.58. The molecule has 2 aromatic rings. The van der Waals surface area contributed by atoms with Crippen LogP contribution in [-0.2, 0) is 0 Å². The van der Waals surface area contributed by atoms with Crippen LogP contribution < -0.4 is 15.2 Å². The highest BCUT2D eigenvalue weighted by Gasteiger charge is 2.14. The Morgan fingerprint density at radius 2 is 1.85 bits per heavy atom. The van der Waals surface area contributed by atoms with Crippen LogP contribution in [0.4, 0.5) is 0 Å². The molecule has 0 spiro atoms. The van der Waals surface area contributed by atoms with E-state index in [2.05, 4.69) is 0 Å². The Bertz CT molecular complexity index is 557. The Balaban J connectivity index is 2.06. The summed E-state index contributed by atoms with van der Waals surface area (Å²) in [6.45, 7) is 0.808. The Morgan fingerprint density at radius 1 is 1.10 bits per heavy atom. The molecule has 0 bridgehead atoms. The van der Waals surface area contributed by atoms with Crippen molar-refractivity contribution in [2.45, 2.75) is 5.92 Å². The molecule has 0 aliphatic carbocycles. The van der Waals surface area contributed by atoms with Crippen LogP contribution in [0.1, 0.15) is 11.5 Å². The molecule has 2 aromatic carbocycles. The first kappa shape index (κ1) is 14.2. The Hall–Kier alpha value is -2.20. The summed E-state index contributed by atoms with van der Waals surface area (Å²) < 4.78 is 10.9. The van der Waals surface area contributed by atoms with Crippen LogP contribution in [0.25, 0.3) is 0 Å². The topological polar surface area (TPSA) is 64.7 Å². The predicted octanol–water partition coefficient (Wildman–Crippen LogP) is 2.52. The number of phenolic OH excluding ortho intramolecular Hbond substituents is 1. The van der Waals surface area contributed by atoms with Gasteiger partial charge in [-0.2, -0.15) is 0 Å². The molecule has 0 fully saturated rings. The number of rotatable bonds is 6. The van der Waals surface area contributed by atoms with Gasteiger partial charge < -0.3 is 20.3 Å². The Kier molecular flexibility index (Phi) is 4.85. The largest absolute Gasteiger partial charge is 0.508 e. The van der Waals surface area contributed by atoms with Gasteiger partial charge in [0.1, 0.15) is 17.2 Å². The third-order valence-corrected chi connectivity index (χ3v) is 3.15. The lowest BCUT2D eigenvalue weighted by molar-refractivity contribution is 0.285. The molecule has 4 nitrogen and oxygen atoms in total. The second-order valence-corrected chi connectivity index (χ2v) is 4.48. The monoisotopic (exact) mass is 273 g/mol. The summed E-state index contributed by atoms with van der Waals surface area (Å²) >= 11 is 0. The van der Waals surface area contributed by atoms with E-state index < -0.39 is 0 Å². The molecule has 0 heterocycles. The molecule has 1 unspecified atom stereocenters. The number of aromatic hydroxyl groups is 1.